The predicted octanol–water partition coefficient (Wildman–Crippen LogP) is 2.68. The van der Waals surface area contributed by atoms with Crippen LogP contribution in [0.2, 0.25) is 5.02 Å². The second kappa shape index (κ2) is 8.71. The van der Waals surface area contributed by atoms with Gasteiger partial charge in [0.05, 0.1) is 36.4 Å². The summed E-state index contributed by atoms with van der Waals surface area (Å²) in [7, 11) is 0. The first-order chi connectivity index (χ1) is 14.0. The van der Waals surface area contributed by atoms with Crippen LogP contribution in [0.4, 0.5) is 11.4 Å². The molecule has 1 aromatic carbocycles. The molecular formula is C21H26ClN3O4. The van der Waals surface area contributed by atoms with Crippen LogP contribution in [-0.2, 0) is 19.1 Å². The molecule has 3 amide bonds. The Hall–Kier alpha value is -2.12. The highest BCUT2D eigenvalue weighted by Crippen LogP contribution is 2.38. The van der Waals surface area contributed by atoms with Crippen LogP contribution in [0.5, 0.6) is 0 Å². The second-order valence-electron chi connectivity index (χ2n) is 7.88. The van der Waals surface area contributed by atoms with Crippen molar-refractivity contribution in [3.05, 3.63) is 23.2 Å². The van der Waals surface area contributed by atoms with Crippen molar-refractivity contribution in [2.75, 3.05) is 43.1 Å². The molecule has 4 rings (SSSR count). The minimum Gasteiger partial charge on any atom is -0.378 e. The largest absolute Gasteiger partial charge is 0.378 e. The smallest absolute Gasteiger partial charge is 0.233 e. The summed E-state index contributed by atoms with van der Waals surface area (Å²) in [6.45, 7) is 2.88. The van der Waals surface area contributed by atoms with Gasteiger partial charge in [0, 0.05) is 31.1 Å². The summed E-state index contributed by atoms with van der Waals surface area (Å²) in [5, 5.41) is 3.44. The van der Waals surface area contributed by atoms with Crippen LogP contribution in [0.3, 0.4) is 0 Å². The van der Waals surface area contributed by atoms with Crippen molar-refractivity contribution in [1.82, 2.24) is 4.90 Å². The van der Waals surface area contributed by atoms with Crippen LogP contribution >= 0.6 is 11.6 Å². The van der Waals surface area contributed by atoms with E-state index >= 15 is 0 Å². The highest BCUT2D eigenvalue weighted by Gasteiger charge is 2.47. The number of anilines is 2. The van der Waals surface area contributed by atoms with Crippen LogP contribution < -0.4 is 10.2 Å². The molecule has 0 aromatic heterocycles. The number of rotatable bonds is 5. The van der Waals surface area contributed by atoms with E-state index in [4.69, 9.17) is 16.3 Å². The lowest BCUT2D eigenvalue weighted by molar-refractivity contribution is -0.140. The zero-order valence-electron chi connectivity index (χ0n) is 16.4. The van der Waals surface area contributed by atoms with Gasteiger partial charge in [0.2, 0.25) is 17.7 Å². The molecule has 1 saturated carbocycles. The molecule has 7 nitrogen and oxygen atoms in total. The third-order valence-electron chi connectivity index (χ3n) is 6.08. The predicted molar refractivity (Wildman–Crippen MR) is 110 cm³/mol. The molecule has 0 bridgehead atoms. The summed E-state index contributed by atoms with van der Waals surface area (Å²) in [6.07, 6.45) is 3.62. The number of nitrogens with zero attached hydrogens (tertiary/aromatic N) is 2. The topological polar surface area (TPSA) is 79.0 Å². The van der Waals surface area contributed by atoms with Crippen molar-refractivity contribution >= 4 is 40.7 Å². The number of carbonyl (C=O) groups excluding carboxylic acids is 3. The van der Waals surface area contributed by atoms with E-state index in [9.17, 15) is 14.4 Å². The quantitative estimate of drug-likeness (QED) is 0.742. The van der Waals surface area contributed by atoms with Crippen molar-refractivity contribution < 1.29 is 19.1 Å². The molecule has 0 spiro atoms. The van der Waals surface area contributed by atoms with Gasteiger partial charge in [-0.3, -0.25) is 19.3 Å². The fourth-order valence-electron chi connectivity index (χ4n) is 4.57. The van der Waals surface area contributed by atoms with Gasteiger partial charge in [-0.2, -0.15) is 0 Å². The van der Waals surface area contributed by atoms with Crippen molar-refractivity contribution in [3.8, 4) is 0 Å². The zero-order valence-corrected chi connectivity index (χ0v) is 17.1. The first-order valence-corrected chi connectivity index (χ1v) is 10.7. The maximum Gasteiger partial charge on any atom is 0.233 e. The monoisotopic (exact) mass is 419 g/mol. The van der Waals surface area contributed by atoms with E-state index in [1.807, 2.05) is 6.07 Å². The lowest BCUT2D eigenvalue weighted by Crippen LogP contribution is -2.37. The maximum atomic E-state index is 12.6. The number of hydrogen-bond acceptors (Lipinski definition) is 5. The number of ether oxygens (including phenoxy) is 1. The molecule has 8 heteroatoms. The van der Waals surface area contributed by atoms with Crippen molar-refractivity contribution in [2.45, 2.75) is 32.1 Å². The Morgan fingerprint density at radius 3 is 2.41 bits per heavy atom. The second-order valence-corrected chi connectivity index (χ2v) is 8.32. The van der Waals surface area contributed by atoms with Gasteiger partial charge in [0.1, 0.15) is 0 Å². The Morgan fingerprint density at radius 1 is 1.10 bits per heavy atom. The van der Waals surface area contributed by atoms with Crippen LogP contribution in [0.25, 0.3) is 0 Å². The van der Waals surface area contributed by atoms with Crippen molar-refractivity contribution in [2.24, 2.45) is 11.8 Å². The summed E-state index contributed by atoms with van der Waals surface area (Å²) in [5.74, 6) is -0.814. The molecular weight excluding hydrogens is 394 g/mol. The van der Waals surface area contributed by atoms with E-state index in [-0.39, 0.29) is 42.5 Å². The van der Waals surface area contributed by atoms with E-state index < -0.39 is 0 Å². The van der Waals surface area contributed by atoms with Gasteiger partial charge >= 0.3 is 0 Å². The van der Waals surface area contributed by atoms with E-state index in [1.165, 1.54) is 4.90 Å². The van der Waals surface area contributed by atoms with Crippen LogP contribution in [-0.4, -0.2) is 55.5 Å². The molecule has 0 unspecified atom stereocenters. The molecule has 2 atom stereocenters. The molecule has 0 radical (unpaired) electrons. The molecule has 3 aliphatic rings. The van der Waals surface area contributed by atoms with Gasteiger partial charge in [-0.1, -0.05) is 24.4 Å². The highest BCUT2D eigenvalue weighted by molar-refractivity contribution is 6.31. The number of fused-ring (bicyclic) bond motifs is 1. The number of amides is 3. The maximum absolute atomic E-state index is 12.6. The first-order valence-electron chi connectivity index (χ1n) is 10.3. The Labute approximate surface area is 175 Å². The number of halogens is 1. The Kier molecular flexibility index (Phi) is 6.06. The number of nitrogens with one attached hydrogen (secondary N) is 1. The number of benzene rings is 1. The normalized spacial score (nSPS) is 24.6. The molecule has 2 aliphatic heterocycles. The number of imide groups is 1. The number of carbonyl (C=O) groups is 3. The summed E-state index contributed by atoms with van der Waals surface area (Å²) in [6, 6.07) is 5.41. The molecule has 156 valence electrons. The van der Waals surface area contributed by atoms with Gasteiger partial charge in [-0.05, 0) is 31.0 Å². The molecule has 1 aliphatic carbocycles. The first kappa shape index (κ1) is 20.2. The van der Waals surface area contributed by atoms with E-state index in [1.54, 1.807) is 12.1 Å². The van der Waals surface area contributed by atoms with E-state index in [0.29, 0.717) is 23.9 Å². The average Bonchev–Trinajstić information content (AvgIpc) is 2.98. The van der Waals surface area contributed by atoms with Gasteiger partial charge in [0.15, 0.2) is 0 Å². The molecule has 2 heterocycles. The van der Waals surface area contributed by atoms with Gasteiger partial charge in [-0.15, -0.1) is 0 Å². The minimum absolute atomic E-state index is 0.0754. The Bertz CT molecular complexity index is 785. The molecule has 1 N–H and O–H groups in total. The summed E-state index contributed by atoms with van der Waals surface area (Å²) >= 11 is 6.14. The van der Waals surface area contributed by atoms with Gasteiger partial charge in [0.25, 0.3) is 0 Å². The third-order valence-corrected chi connectivity index (χ3v) is 6.31. The lowest BCUT2D eigenvalue weighted by Gasteiger charge is -2.30. The lowest BCUT2D eigenvalue weighted by atomic mass is 9.81. The molecule has 29 heavy (non-hydrogen) atoms. The average molecular weight is 420 g/mol. The Morgan fingerprint density at radius 2 is 1.76 bits per heavy atom. The highest BCUT2D eigenvalue weighted by atomic mass is 35.5. The van der Waals surface area contributed by atoms with Crippen LogP contribution in [0.15, 0.2) is 18.2 Å². The van der Waals surface area contributed by atoms with Crippen LogP contribution in [0.1, 0.15) is 32.1 Å². The number of likely N-dealkylation sites (tertiary alicyclic amines) is 1. The molecule has 1 aromatic rings. The molecule has 2 saturated heterocycles. The van der Waals surface area contributed by atoms with E-state index in [2.05, 4.69) is 10.2 Å². The van der Waals surface area contributed by atoms with Crippen molar-refractivity contribution in [3.63, 3.8) is 0 Å². The number of morpholine rings is 1. The van der Waals surface area contributed by atoms with Crippen molar-refractivity contribution in [1.29, 1.82) is 0 Å². The summed E-state index contributed by atoms with van der Waals surface area (Å²) in [5.41, 5.74) is 1.53. The SMILES string of the molecule is O=C(CCN1C(=O)[C@@H]2CCCC[C@H]2C1=O)Nc1cc(Cl)ccc1N1CCOCC1. The zero-order chi connectivity index (χ0) is 20.4. The summed E-state index contributed by atoms with van der Waals surface area (Å²) in [4.78, 5) is 41.2. The fourth-order valence-corrected chi connectivity index (χ4v) is 4.74. The standard InChI is InChI=1S/C21H26ClN3O4/c22-14-5-6-18(24-9-11-29-12-10-24)17(13-14)23-19(26)7-8-25-20(27)15-3-1-2-4-16(15)21(25)28/h5-6,13,15-16H,1-4,7-12H2,(H,23,26)/t15-,16-/m1/s1. The fraction of sp³-hybridized carbons (Fsp3) is 0.571. The summed E-state index contributed by atoms with van der Waals surface area (Å²) < 4.78 is 5.40. The van der Waals surface area contributed by atoms with Gasteiger partial charge in [-0.25, -0.2) is 0 Å². The Balaban J connectivity index is 1.39. The van der Waals surface area contributed by atoms with E-state index in [0.717, 1.165) is 44.5 Å². The van der Waals surface area contributed by atoms with Gasteiger partial charge < -0.3 is 15.0 Å². The van der Waals surface area contributed by atoms with Crippen LogP contribution in [0, 0.1) is 11.8 Å². The minimum atomic E-state index is -0.239. The number of hydrogen-bond donors (Lipinski definition) is 1. The third kappa shape index (κ3) is 4.26. The molecule has 3 fully saturated rings.